The fourth-order valence-corrected chi connectivity index (χ4v) is 1.17. The summed E-state index contributed by atoms with van der Waals surface area (Å²) in [5.74, 6) is 0.961. The summed E-state index contributed by atoms with van der Waals surface area (Å²) in [6.07, 6.45) is 3.51. The maximum Gasteiger partial charge on any atom is 0.191 e. The quantitative estimate of drug-likeness (QED) is 0.559. The van der Waals surface area contributed by atoms with Gasteiger partial charge in [-0.1, -0.05) is 6.42 Å². The van der Waals surface area contributed by atoms with Crippen LogP contribution in [0.2, 0.25) is 0 Å². The van der Waals surface area contributed by atoms with E-state index in [1.807, 2.05) is 0 Å². The molecule has 1 aliphatic rings. The van der Waals surface area contributed by atoms with Gasteiger partial charge in [0, 0.05) is 13.1 Å². The van der Waals surface area contributed by atoms with E-state index in [0.29, 0.717) is 0 Å². The van der Waals surface area contributed by atoms with Gasteiger partial charge in [-0.3, -0.25) is 4.99 Å². The highest BCUT2D eigenvalue weighted by molar-refractivity contribution is 5.85. The lowest BCUT2D eigenvalue weighted by atomic mass is 10.2. The Hall–Kier alpha value is -0.480. The Labute approximate surface area is 85.8 Å². The summed E-state index contributed by atoms with van der Waals surface area (Å²) >= 11 is 0. The Morgan fingerprint density at radius 1 is 1.38 bits per heavy atom. The molecule has 0 saturated heterocycles. The minimum absolute atomic E-state index is 0. The first-order valence-corrected chi connectivity index (χ1v) is 4.66. The Morgan fingerprint density at radius 2 is 2.23 bits per heavy atom. The third kappa shape index (κ3) is 5.71. The predicted molar refractivity (Wildman–Crippen MR) is 58.5 cm³/mol. The molecule has 0 bridgehead atoms. The highest BCUT2D eigenvalue weighted by Crippen LogP contribution is 1.91. The molecule has 0 amide bonds. The van der Waals surface area contributed by atoms with Gasteiger partial charge in [-0.05, 0) is 19.4 Å². The van der Waals surface area contributed by atoms with E-state index in [1.54, 1.807) is 0 Å². The van der Waals surface area contributed by atoms with Crippen molar-refractivity contribution >= 4 is 18.4 Å². The number of hydrogen-bond donors (Lipinski definition) is 3. The molecule has 0 aromatic carbocycles. The Morgan fingerprint density at radius 3 is 2.85 bits per heavy atom. The van der Waals surface area contributed by atoms with Crippen LogP contribution in [0.3, 0.4) is 0 Å². The highest BCUT2D eigenvalue weighted by Gasteiger charge is 2.01. The first-order valence-electron chi connectivity index (χ1n) is 4.66. The molecule has 0 saturated carbocycles. The van der Waals surface area contributed by atoms with E-state index in [9.17, 15) is 0 Å². The fraction of sp³-hybridized carbons (Fsp3) is 0.875. The summed E-state index contributed by atoms with van der Waals surface area (Å²) < 4.78 is 0. The summed E-state index contributed by atoms with van der Waals surface area (Å²) in [5, 5.41) is 6.40. The lowest BCUT2D eigenvalue weighted by Crippen LogP contribution is -2.34. The number of aliphatic imine (C=N–C) groups is 1. The van der Waals surface area contributed by atoms with Gasteiger partial charge in [0.05, 0.1) is 6.54 Å². The van der Waals surface area contributed by atoms with Gasteiger partial charge in [-0.15, -0.1) is 12.4 Å². The number of nitrogens with two attached hydrogens (primary N) is 1. The summed E-state index contributed by atoms with van der Waals surface area (Å²) in [6.45, 7) is 3.70. The van der Waals surface area contributed by atoms with Crippen LogP contribution in [0.1, 0.15) is 19.3 Å². The van der Waals surface area contributed by atoms with Crippen LogP contribution in [0, 0.1) is 0 Å². The standard InChI is InChI=1S/C8H18N4.ClH/c9-4-2-1-3-5-10-8-11-6-7-12-8;/h1-7,9H2,(H2,10,11,12);1H. The molecule has 1 rings (SSSR count). The molecule has 1 aliphatic heterocycles. The van der Waals surface area contributed by atoms with Crippen LogP contribution in [-0.4, -0.2) is 32.1 Å². The van der Waals surface area contributed by atoms with Crippen molar-refractivity contribution in [1.29, 1.82) is 0 Å². The van der Waals surface area contributed by atoms with Crippen molar-refractivity contribution in [3.63, 3.8) is 0 Å². The van der Waals surface area contributed by atoms with Crippen molar-refractivity contribution < 1.29 is 0 Å². The molecule has 0 spiro atoms. The monoisotopic (exact) mass is 206 g/mol. The van der Waals surface area contributed by atoms with E-state index in [4.69, 9.17) is 5.73 Å². The van der Waals surface area contributed by atoms with Gasteiger partial charge in [0.15, 0.2) is 5.96 Å². The molecule has 0 unspecified atom stereocenters. The van der Waals surface area contributed by atoms with Gasteiger partial charge in [0.2, 0.25) is 0 Å². The molecule has 4 N–H and O–H groups in total. The number of nitrogens with zero attached hydrogens (tertiary/aromatic N) is 1. The number of halogens is 1. The van der Waals surface area contributed by atoms with E-state index in [0.717, 1.165) is 38.6 Å². The number of hydrogen-bond acceptors (Lipinski definition) is 4. The van der Waals surface area contributed by atoms with Crippen LogP contribution in [0.4, 0.5) is 0 Å². The van der Waals surface area contributed by atoms with Crippen LogP contribution in [-0.2, 0) is 0 Å². The molecule has 0 radical (unpaired) electrons. The topological polar surface area (TPSA) is 62.4 Å². The van der Waals surface area contributed by atoms with E-state index in [-0.39, 0.29) is 12.4 Å². The normalized spacial score (nSPS) is 14.4. The van der Waals surface area contributed by atoms with Gasteiger partial charge < -0.3 is 16.4 Å². The average Bonchev–Trinajstić information content (AvgIpc) is 2.57. The van der Waals surface area contributed by atoms with Gasteiger partial charge in [0.1, 0.15) is 0 Å². The van der Waals surface area contributed by atoms with Crippen molar-refractivity contribution in [1.82, 2.24) is 10.6 Å². The predicted octanol–water partition coefficient (Wildman–Crippen LogP) is 0.0860. The summed E-state index contributed by atoms with van der Waals surface area (Å²) in [5.41, 5.74) is 5.38. The number of unbranched alkanes of at least 4 members (excludes halogenated alkanes) is 2. The molecule has 78 valence electrons. The smallest absolute Gasteiger partial charge is 0.191 e. The maximum atomic E-state index is 5.38. The van der Waals surface area contributed by atoms with Gasteiger partial charge in [0.25, 0.3) is 0 Å². The minimum Gasteiger partial charge on any atom is -0.356 e. The highest BCUT2D eigenvalue weighted by atomic mass is 35.5. The molecular weight excluding hydrogens is 188 g/mol. The zero-order valence-corrected chi connectivity index (χ0v) is 8.70. The third-order valence-electron chi connectivity index (χ3n) is 1.85. The van der Waals surface area contributed by atoms with E-state index >= 15 is 0 Å². The fourth-order valence-electron chi connectivity index (χ4n) is 1.17. The molecular formula is C8H19ClN4. The van der Waals surface area contributed by atoms with Crippen molar-refractivity contribution in [2.45, 2.75) is 19.3 Å². The minimum atomic E-state index is 0. The largest absolute Gasteiger partial charge is 0.356 e. The molecule has 5 heteroatoms. The average molecular weight is 207 g/mol. The van der Waals surface area contributed by atoms with E-state index < -0.39 is 0 Å². The van der Waals surface area contributed by atoms with Crippen molar-refractivity contribution in [2.75, 3.05) is 26.2 Å². The van der Waals surface area contributed by atoms with Gasteiger partial charge in [-0.2, -0.15) is 0 Å². The molecule has 0 aromatic rings. The van der Waals surface area contributed by atoms with Crippen LogP contribution in [0.15, 0.2) is 4.99 Å². The number of rotatable bonds is 5. The molecule has 0 aromatic heterocycles. The first kappa shape index (κ1) is 12.5. The Balaban J connectivity index is 0.00000144. The zero-order chi connectivity index (χ0) is 8.65. The molecule has 0 atom stereocenters. The molecule has 0 fully saturated rings. The molecule has 13 heavy (non-hydrogen) atoms. The van der Waals surface area contributed by atoms with E-state index in [1.165, 1.54) is 12.8 Å². The maximum absolute atomic E-state index is 5.38. The number of nitrogens with one attached hydrogen (secondary N) is 2. The zero-order valence-electron chi connectivity index (χ0n) is 7.88. The number of guanidine groups is 1. The third-order valence-corrected chi connectivity index (χ3v) is 1.85. The van der Waals surface area contributed by atoms with Crippen molar-refractivity contribution in [2.24, 2.45) is 10.7 Å². The lowest BCUT2D eigenvalue weighted by molar-refractivity contribution is 0.667. The van der Waals surface area contributed by atoms with Gasteiger partial charge >= 0.3 is 0 Å². The second-order valence-electron chi connectivity index (χ2n) is 2.93. The van der Waals surface area contributed by atoms with Gasteiger partial charge in [-0.25, -0.2) is 0 Å². The van der Waals surface area contributed by atoms with Crippen molar-refractivity contribution in [3.05, 3.63) is 0 Å². The second kappa shape index (κ2) is 8.13. The lowest BCUT2D eigenvalue weighted by Gasteiger charge is -2.05. The molecule has 4 nitrogen and oxygen atoms in total. The van der Waals surface area contributed by atoms with Crippen LogP contribution in [0.5, 0.6) is 0 Å². The van der Waals surface area contributed by atoms with Crippen LogP contribution < -0.4 is 16.4 Å². The first-order chi connectivity index (χ1) is 5.93. The Kier molecular flexibility index (Phi) is 7.83. The molecule has 1 heterocycles. The van der Waals surface area contributed by atoms with Crippen molar-refractivity contribution in [3.8, 4) is 0 Å². The second-order valence-corrected chi connectivity index (χ2v) is 2.93. The SMILES string of the molecule is Cl.NCCCCCNC1=NCCN1. The summed E-state index contributed by atoms with van der Waals surface area (Å²) in [6, 6.07) is 0. The molecule has 0 aliphatic carbocycles. The summed E-state index contributed by atoms with van der Waals surface area (Å²) in [7, 11) is 0. The van der Waals surface area contributed by atoms with Crippen LogP contribution in [0.25, 0.3) is 0 Å². The Bertz CT molecular complexity index is 149. The summed E-state index contributed by atoms with van der Waals surface area (Å²) in [4.78, 5) is 4.22. The van der Waals surface area contributed by atoms with E-state index in [2.05, 4.69) is 15.6 Å². The van der Waals surface area contributed by atoms with Crippen LogP contribution >= 0.6 is 12.4 Å².